The molecule has 166 valence electrons. The van der Waals surface area contributed by atoms with Gasteiger partial charge in [0.2, 0.25) is 0 Å². The van der Waals surface area contributed by atoms with E-state index < -0.39 is 23.4 Å². The zero-order valence-corrected chi connectivity index (χ0v) is 19.4. The molecule has 0 atom stereocenters. The largest absolute Gasteiger partial charge is 0.443 e. The fourth-order valence-corrected chi connectivity index (χ4v) is 3.30. The van der Waals surface area contributed by atoms with Crippen molar-refractivity contribution < 1.29 is 19.1 Å². The smallest absolute Gasteiger partial charge is 0.425 e. The van der Waals surface area contributed by atoms with Gasteiger partial charge in [0.1, 0.15) is 16.7 Å². The van der Waals surface area contributed by atoms with Crippen molar-refractivity contribution in [1.29, 1.82) is 0 Å². The first kappa shape index (κ1) is 22.5. The van der Waals surface area contributed by atoms with E-state index >= 15 is 0 Å². The molecule has 3 rings (SSSR count). The molecule has 0 aliphatic heterocycles. The van der Waals surface area contributed by atoms with Gasteiger partial charge in [0, 0.05) is 23.0 Å². The number of hydrogen-bond donors (Lipinski definition) is 0. The van der Waals surface area contributed by atoms with E-state index in [1.54, 1.807) is 41.5 Å². The van der Waals surface area contributed by atoms with Gasteiger partial charge in [-0.3, -0.25) is 4.68 Å². The lowest BCUT2D eigenvalue weighted by Crippen LogP contribution is -2.44. The first-order chi connectivity index (χ1) is 14.3. The molecule has 0 saturated heterocycles. The van der Waals surface area contributed by atoms with Crippen LogP contribution in [0.3, 0.4) is 0 Å². The number of benzene rings is 1. The molecule has 0 aliphatic rings. The Morgan fingerprint density at radius 2 is 1.55 bits per heavy atom. The molecule has 1 aromatic carbocycles. The Balaban J connectivity index is 2.32. The molecular weight excluding hydrogens is 396 g/mol. The average molecular weight is 427 g/mol. The zero-order chi connectivity index (χ0) is 23.1. The van der Waals surface area contributed by atoms with Crippen LogP contribution in [0.1, 0.15) is 54.2 Å². The molecule has 0 spiro atoms. The summed E-state index contributed by atoms with van der Waals surface area (Å²) < 4.78 is 12.9. The van der Waals surface area contributed by atoms with Gasteiger partial charge in [-0.05, 0) is 61.5 Å². The van der Waals surface area contributed by atoms with Gasteiger partial charge in [0.05, 0.1) is 5.52 Å². The second kappa shape index (κ2) is 7.83. The van der Waals surface area contributed by atoms with Gasteiger partial charge in [0.25, 0.3) is 0 Å². The van der Waals surface area contributed by atoms with Crippen LogP contribution in [0.5, 0.6) is 0 Å². The Kier molecular flexibility index (Phi) is 5.69. The minimum Gasteiger partial charge on any atom is -0.443 e. The SMILES string of the molecule is CCn1nc2c(N(C(=O)OC(C)(C)C)C(=O)OC(C)(C)C)nc3ccccc3c2c1C. The summed E-state index contributed by atoms with van der Waals surface area (Å²) in [7, 11) is 0. The topological polar surface area (TPSA) is 86.6 Å². The van der Waals surface area contributed by atoms with Crippen LogP contribution in [0.2, 0.25) is 0 Å². The summed E-state index contributed by atoms with van der Waals surface area (Å²) in [6, 6.07) is 7.57. The summed E-state index contributed by atoms with van der Waals surface area (Å²) in [4.78, 5) is 31.8. The van der Waals surface area contributed by atoms with E-state index in [4.69, 9.17) is 9.47 Å². The number of imide groups is 1. The molecule has 0 radical (unpaired) electrons. The van der Waals surface area contributed by atoms with Gasteiger partial charge in [-0.2, -0.15) is 10.00 Å². The molecule has 2 aromatic heterocycles. The highest BCUT2D eigenvalue weighted by Crippen LogP contribution is 2.34. The van der Waals surface area contributed by atoms with E-state index in [9.17, 15) is 9.59 Å². The highest BCUT2D eigenvalue weighted by Gasteiger charge is 2.36. The minimum absolute atomic E-state index is 0.0903. The Morgan fingerprint density at radius 3 is 2.06 bits per heavy atom. The summed E-state index contributed by atoms with van der Waals surface area (Å²) >= 11 is 0. The van der Waals surface area contributed by atoms with Gasteiger partial charge in [-0.25, -0.2) is 14.6 Å². The molecule has 2 heterocycles. The molecule has 0 saturated carbocycles. The summed E-state index contributed by atoms with van der Waals surface area (Å²) in [5, 5.41) is 6.38. The summed E-state index contributed by atoms with van der Waals surface area (Å²) in [6.45, 7) is 15.0. The summed E-state index contributed by atoms with van der Waals surface area (Å²) in [6.07, 6.45) is -1.73. The molecular formula is C23H30N4O4. The van der Waals surface area contributed by atoms with Gasteiger partial charge in [-0.1, -0.05) is 18.2 Å². The van der Waals surface area contributed by atoms with E-state index in [-0.39, 0.29) is 5.82 Å². The van der Waals surface area contributed by atoms with Crippen LogP contribution in [-0.4, -0.2) is 38.2 Å². The number of ether oxygens (including phenoxy) is 2. The maximum Gasteiger partial charge on any atom is 0.425 e. The first-order valence-electron chi connectivity index (χ1n) is 10.3. The zero-order valence-electron chi connectivity index (χ0n) is 19.4. The Hall–Kier alpha value is -3.16. The lowest BCUT2D eigenvalue weighted by Gasteiger charge is -2.28. The van der Waals surface area contributed by atoms with Crippen LogP contribution in [0, 0.1) is 6.92 Å². The van der Waals surface area contributed by atoms with E-state index in [1.807, 2.05) is 42.8 Å². The second-order valence-corrected chi connectivity index (χ2v) is 9.37. The third-order valence-corrected chi connectivity index (χ3v) is 4.48. The number of aromatic nitrogens is 3. The first-order valence-corrected chi connectivity index (χ1v) is 10.3. The quantitative estimate of drug-likeness (QED) is 0.531. The van der Waals surface area contributed by atoms with Crippen molar-refractivity contribution in [2.45, 2.75) is 73.1 Å². The Morgan fingerprint density at radius 1 is 1.00 bits per heavy atom. The molecule has 8 heteroatoms. The van der Waals surface area contributed by atoms with Crippen LogP contribution in [-0.2, 0) is 16.0 Å². The molecule has 31 heavy (non-hydrogen) atoms. The standard InChI is InChI=1S/C23H30N4O4/c1-9-26-14(2)17-15-12-10-11-13-16(15)24-19(18(17)25-26)27(20(28)30-22(3,4)5)21(29)31-23(6,7)8/h10-13H,9H2,1-8H3. The lowest BCUT2D eigenvalue weighted by atomic mass is 10.1. The summed E-state index contributed by atoms with van der Waals surface area (Å²) in [5.41, 5.74) is 0.374. The molecule has 0 bridgehead atoms. The number of nitrogens with zero attached hydrogens (tertiary/aromatic N) is 4. The average Bonchev–Trinajstić information content (AvgIpc) is 2.96. The van der Waals surface area contributed by atoms with Crippen molar-refractivity contribution >= 4 is 39.8 Å². The van der Waals surface area contributed by atoms with E-state index in [2.05, 4.69) is 10.1 Å². The molecule has 0 unspecified atom stereocenters. The molecule has 8 nitrogen and oxygen atoms in total. The molecule has 0 fully saturated rings. The number of amides is 2. The number of rotatable bonds is 2. The van der Waals surface area contributed by atoms with Crippen LogP contribution < -0.4 is 4.90 Å². The predicted octanol–water partition coefficient (Wildman–Crippen LogP) is 5.59. The van der Waals surface area contributed by atoms with Gasteiger partial charge < -0.3 is 9.47 Å². The second-order valence-electron chi connectivity index (χ2n) is 9.37. The number of para-hydroxylation sites is 1. The number of pyridine rings is 1. The summed E-state index contributed by atoms with van der Waals surface area (Å²) in [5.74, 6) is 0.0903. The highest BCUT2D eigenvalue weighted by molar-refractivity contribution is 6.18. The number of carbonyl (C=O) groups is 2. The Labute approximate surface area is 182 Å². The van der Waals surface area contributed by atoms with Crippen LogP contribution in [0.15, 0.2) is 24.3 Å². The van der Waals surface area contributed by atoms with Crippen molar-refractivity contribution in [3.63, 3.8) is 0 Å². The van der Waals surface area contributed by atoms with E-state index in [0.717, 1.165) is 21.4 Å². The maximum atomic E-state index is 13.2. The fraction of sp³-hybridized carbons (Fsp3) is 0.478. The normalized spacial score (nSPS) is 12.3. The minimum atomic E-state index is -0.866. The van der Waals surface area contributed by atoms with E-state index in [0.29, 0.717) is 17.6 Å². The lowest BCUT2D eigenvalue weighted by molar-refractivity contribution is 0.0429. The maximum absolute atomic E-state index is 13.2. The van der Waals surface area contributed by atoms with Crippen LogP contribution in [0.4, 0.5) is 15.4 Å². The molecule has 0 N–H and O–H groups in total. The van der Waals surface area contributed by atoms with Crippen molar-refractivity contribution in [3.8, 4) is 0 Å². The monoisotopic (exact) mass is 426 g/mol. The molecule has 2 amide bonds. The molecule has 3 aromatic rings. The van der Waals surface area contributed by atoms with E-state index in [1.165, 1.54) is 0 Å². The van der Waals surface area contributed by atoms with Gasteiger partial charge >= 0.3 is 12.2 Å². The van der Waals surface area contributed by atoms with Crippen molar-refractivity contribution in [1.82, 2.24) is 14.8 Å². The number of carbonyl (C=O) groups excluding carboxylic acids is 2. The van der Waals surface area contributed by atoms with Gasteiger partial charge in [0.15, 0.2) is 5.82 Å². The molecule has 0 aliphatic carbocycles. The third kappa shape index (κ3) is 4.62. The van der Waals surface area contributed by atoms with Crippen molar-refractivity contribution in [2.75, 3.05) is 4.90 Å². The van der Waals surface area contributed by atoms with Crippen molar-refractivity contribution in [2.24, 2.45) is 0 Å². The number of anilines is 1. The highest BCUT2D eigenvalue weighted by atomic mass is 16.6. The predicted molar refractivity (Wildman–Crippen MR) is 120 cm³/mol. The number of aryl methyl sites for hydroxylation is 2. The van der Waals surface area contributed by atoms with Crippen molar-refractivity contribution in [3.05, 3.63) is 30.0 Å². The van der Waals surface area contributed by atoms with Crippen LogP contribution >= 0.6 is 0 Å². The number of fused-ring (bicyclic) bond motifs is 3. The van der Waals surface area contributed by atoms with Gasteiger partial charge in [-0.15, -0.1) is 0 Å². The fourth-order valence-electron chi connectivity index (χ4n) is 3.30. The Bertz CT molecular complexity index is 1120. The van der Waals surface area contributed by atoms with Crippen LogP contribution in [0.25, 0.3) is 21.8 Å². The third-order valence-electron chi connectivity index (χ3n) is 4.48. The number of hydrogen-bond acceptors (Lipinski definition) is 6.